The molecule has 0 aromatic heterocycles. The molecule has 1 aliphatic carbocycles. The van der Waals surface area contributed by atoms with E-state index in [0.717, 1.165) is 0 Å². The van der Waals surface area contributed by atoms with Crippen molar-refractivity contribution in [1.82, 2.24) is 5.32 Å². The van der Waals surface area contributed by atoms with Crippen LogP contribution in [0.5, 0.6) is 0 Å². The molecule has 114 valence electrons. The molecule has 0 radical (unpaired) electrons. The third-order valence-electron chi connectivity index (χ3n) is 3.71. The average Bonchev–Trinajstić information content (AvgIpc) is 3.00. The molecule has 2 N–H and O–H groups in total. The molecule has 1 saturated carbocycles. The van der Waals surface area contributed by atoms with Crippen LogP contribution >= 0.6 is 0 Å². The molecule has 1 aromatic carbocycles. The van der Waals surface area contributed by atoms with Crippen LogP contribution in [0, 0.1) is 0 Å². The molecule has 0 saturated heterocycles. The third-order valence-corrected chi connectivity index (χ3v) is 3.71. The predicted molar refractivity (Wildman–Crippen MR) is 81.3 cm³/mol. The van der Waals surface area contributed by atoms with Gasteiger partial charge in [-0.1, -0.05) is 18.9 Å². The first-order valence-corrected chi connectivity index (χ1v) is 7.40. The molecular weight excluding hydrogens is 268 g/mol. The maximum atomic E-state index is 11.9. The van der Waals surface area contributed by atoms with Crippen LogP contribution in [-0.2, 0) is 9.53 Å². The lowest BCUT2D eigenvalue weighted by molar-refractivity contribution is -0.116. The minimum Gasteiger partial charge on any atom is -0.465 e. The van der Waals surface area contributed by atoms with Crippen molar-refractivity contribution in [1.29, 1.82) is 0 Å². The van der Waals surface area contributed by atoms with Crippen molar-refractivity contribution in [2.45, 2.75) is 38.1 Å². The number of carbonyl (C=O) groups excluding carboxylic acids is 2. The lowest BCUT2D eigenvalue weighted by Crippen LogP contribution is -2.29. The van der Waals surface area contributed by atoms with E-state index in [-0.39, 0.29) is 5.91 Å². The maximum absolute atomic E-state index is 11.9. The van der Waals surface area contributed by atoms with Crippen molar-refractivity contribution in [3.63, 3.8) is 0 Å². The van der Waals surface area contributed by atoms with Gasteiger partial charge in [0, 0.05) is 24.7 Å². The summed E-state index contributed by atoms with van der Waals surface area (Å²) >= 11 is 0. The van der Waals surface area contributed by atoms with Crippen LogP contribution in [0.15, 0.2) is 24.3 Å². The topological polar surface area (TPSA) is 67.4 Å². The van der Waals surface area contributed by atoms with Gasteiger partial charge in [0.15, 0.2) is 0 Å². The zero-order chi connectivity index (χ0) is 15.1. The Morgan fingerprint density at radius 3 is 2.76 bits per heavy atom. The van der Waals surface area contributed by atoms with Crippen LogP contribution in [0.2, 0.25) is 0 Å². The first-order valence-electron chi connectivity index (χ1n) is 7.40. The molecule has 1 aromatic rings. The van der Waals surface area contributed by atoms with Gasteiger partial charge in [-0.15, -0.1) is 0 Å². The molecule has 1 fully saturated rings. The lowest BCUT2D eigenvalue weighted by Gasteiger charge is -2.11. The predicted octanol–water partition coefficient (Wildman–Crippen LogP) is 2.33. The summed E-state index contributed by atoms with van der Waals surface area (Å²) in [5.41, 5.74) is 1.04. The van der Waals surface area contributed by atoms with Crippen LogP contribution in [0.1, 0.15) is 42.5 Å². The highest BCUT2D eigenvalue weighted by molar-refractivity contribution is 5.94. The second kappa shape index (κ2) is 7.78. The summed E-state index contributed by atoms with van der Waals surface area (Å²) < 4.78 is 4.66. The SMILES string of the molecule is COC(=O)c1cccc(NC(=O)CCNC2CCCC2)c1. The standard InChI is InChI=1S/C16H22N2O3/c1-21-16(20)12-5-4-8-14(11-12)18-15(19)9-10-17-13-6-2-3-7-13/h4-5,8,11,13,17H,2-3,6-7,9-10H2,1H3,(H,18,19). The number of anilines is 1. The van der Waals surface area contributed by atoms with Crippen LogP contribution < -0.4 is 10.6 Å². The van der Waals surface area contributed by atoms with E-state index in [0.29, 0.717) is 30.3 Å². The molecule has 0 unspecified atom stereocenters. The molecule has 0 heterocycles. The summed E-state index contributed by atoms with van der Waals surface area (Å²) in [5.74, 6) is -0.462. The highest BCUT2D eigenvalue weighted by Crippen LogP contribution is 2.17. The minimum atomic E-state index is -0.408. The fourth-order valence-corrected chi connectivity index (χ4v) is 2.59. The third kappa shape index (κ3) is 4.86. The average molecular weight is 290 g/mol. The molecule has 0 spiro atoms. The Labute approximate surface area is 125 Å². The summed E-state index contributed by atoms with van der Waals surface area (Å²) in [6, 6.07) is 7.32. The van der Waals surface area contributed by atoms with Crippen LogP contribution in [0.4, 0.5) is 5.69 Å². The Bertz CT molecular complexity index is 496. The van der Waals surface area contributed by atoms with E-state index >= 15 is 0 Å². The second-order valence-electron chi connectivity index (χ2n) is 5.31. The van der Waals surface area contributed by atoms with Crippen molar-refractivity contribution >= 4 is 17.6 Å². The van der Waals surface area contributed by atoms with E-state index in [2.05, 4.69) is 15.4 Å². The Hall–Kier alpha value is -1.88. The zero-order valence-electron chi connectivity index (χ0n) is 12.4. The summed E-state index contributed by atoms with van der Waals surface area (Å²) in [6.07, 6.45) is 5.42. The van der Waals surface area contributed by atoms with Gasteiger partial charge in [-0.3, -0.25) is 4.79 Å². The van der Waals surface area contributed by atoms with Gasteiger partial charge in [-0.05, 0) is 31.0 Å². The monoisotopic (exact) mass is 290 g/mol. The fourth-order valence-electron chi connectivity index (χ4n) is 2.59. The number of rotatable bonds is 6. The van der Waals surface area contributed by atoms with Crippen molar-refractivity contribution in [3.05, 3.63) is 29.8 Å². The molecule has 0 aliphatic heterocycles. The Balaban J connectivity index is 1.77. The Morgan fingerprint density at radius 2 is 2.05 bits per heavy atom. The van der Waals surface area contributed by atoms with Crippen molar-refractivity contribution in [2.24, 2.45) is 0 Å². The molecule has 2 rings (SSSR count). The molecular formula is C16H22N2O3. The number of ether oxygens (including phenoxy) is 1. The smallest absolute Gasteiger partial charge is 0.337 e. The summed E-state index contributed by atoms with van der Waals surface area (Å²) in [6.45, 7) is 0.688. The number of benzene rings is 1. The number of amides is 1. The molecule has 1 amide bonds. The van der Waals surface area contributed by atoms with Crippen LogP contribution in [0.25, 0.3) is 0 Å². The van der Waals surface area contributed by atoms with Gasteiger partial charge in [0.2, 0.25) is 5.91 Å². The minimum absolute atomic E-state index is 0.0532. The normalized spacial score (nSPS) is 14.9. The number of carbonyl (C=O) groups is 2. The lowest BCUT2D eigenvalue weighted by atomic mass is 10.2. The van der Waals surface area contributed by atoms with Gasteiger partial charge < -0.3 is 15.4 Å². The molecule has 5 nitrogen and oxygen atoms in total. The summed E-state index contributed by atoms with van der Waals surface area (Å²) in [7, 11) is 1.34. The van der Waals surface area contributed by atoms with E-state index in [1.165, 1.54) is 32.8 Å². The van der Waals surface area contributed by atoms with Gasteiger partial charge >= 0.3 is 5.97 Å². The first kappa shape index (κ1) is 15.5. The van der Waals surface area contributed by atoms with Crippen molar-refractivity contribution in [2.75, 3.05) is 19.0 Å². The molecule has 0 atom stereocenters. The van der Waals surface area contributed by atoms with E-state index in [4.69, 9.17) is 0 Å². The van der Waals surface area contributed by atoms with Gasteiger partial charge in [0.05, 0.1) is 12.7 Å². The second-order valence-corrected chi connectivity index (χ2v) is 5.31. The van der Waals surface area contributed by atoms with Crippen LogP contribution in [0.3, 0.4) is 0 Å². The number of methoxy groups -OCH3 is 1. The summed E-state index contributed by atoms with van der Waals surface area (Å²) in [5, 5.41) is 6.20. The number of hydrogen-bond donors (Lipinski definition) is 2. The van der Waals surface area contributed by atoms with Crippen molar-refractivity contribution < 1.29 is 14.3 Å². The van der Waals surface area contributed by atoms with Gasteiger partial charge in [-0.2, -0.15) is 0 Å². The zero-order valence-corrected chi connectivity index (χ0v) is 12.4. The maximum Gasteiger partial charge on any atom is 0.337 e. The highest BCUT2D eigenvalue weighted by Gasteiger charge is 2.14. The van der Waals surface area contributed by atoms with Gasteiger partial charge in [-0.25, -0.2) is 4.79 Å². The Kier molecular flexibility index (Phi) is 5.75. The fraction of sp³-hybridized carbons (Fsp3) is 0.500. The molecule has 0 bridgehead atoms. The van der Waals surface area contributed by atoms with Crippen LogP contribution in [-0.4, -0.2) is 31.6 Å². The number of hydrogen-bond acceptors (Lipinski definition) is 4. The van der Waals surface area contributed by atoms with E-state index in [1.54, 1.807) is 24.3 Å². The summed E-state index contributed by atoms with van der Waals surface area (Å²) in [4.78, 5) is 23.3. The van der Waals surface area contributed by atoms with E-state index in [9.17, 15) is 9.59 Å². The molecule has 1 aliphatic rings. The van der Waals surface area contributed by atoms with E-state index < -0.39 is 5.97 Å². The number of esters is 1. The van der Waals surface area contributed by atoms with Crippen molar-refractivity contribution in [3.8, 4) is 0 Å². The Morgan fingerprint density at radius 1 is 1.29 bits per heavy atom. The largest absolute Gasteiger partial charge is 0.465 e. The molecule has 21 heavy (non-hydrogen) atoms. The first-order chi connectivity index (χ1) is 10.2. The quantitative estimate of drug-likeness (QED) is 0.789. The number of nitrogens with one attached hydrogen (secondary N) is 2. The molecule has 5 heteroatoms. The van der Waals surface area contributed by atoms with E-state index in [1.807, 2.05) is 0 Å². The van der Waals surface area contributed by atoms with Gasteiger partial charge in [0.25, 0.3) is 0 Å². The van der Waals surface area contributed by atoms with Gasteiger partial charge in [0.1, 0.15) is 0 Å². The highest BCUT2D eigenvalue weighted by atomic mass is 16.5.